The molecule has 0 spiro atoms. The number of aliphatic hydroxyl groups excluding tert-OH is 1. The van der Waals surface area contributed by atoms with Crippen molar-refractivity contribution in [1.29, 1.82) is 0 Å². The molecule has 0 aromatic heterocycles. The number of carbonyl (C=O) groups excluding carboxylic acids is 1. The molecule has 0 heterocycles. The number of aliphatic hydroxyl groups is 1. The van der Waals surface area contributed by atoms with Gasteiger partial charge < -0.3 is 9.84 Å². The molecule has 0 fully saturated rings. The largest absolute Gasteiger partial charge is 0.467 e. The Labute approximate surface area is 77.0 Å². The molecule has 1 atom stereocenters. The lowest BCUT2D eigenvalue weighted by Crippen LogP contribution is -2.23. The maximum atomic E-state index is 10.8. The summed E-state index contributed by atoms with van der Waals surface area (Å²) in [5.41, 5.74) is 0.917. The lowest BCUT2D eigenvalue weighted by atomic mass is 10.3. The molecule has 0 amide bonds. The second kappa shape index (κ2) is 4.62. The van der Waals surface area contributed by atoms with Gasteiger partial charge in [-0.15, -0.1) is 0 Å². The normalized spacial score (nSPS) is 12.2. The Bertz CT molecular complexity index is 269. The van der Waals surface area contributed by atoms with E-state index in [1.54, 1.807) is 0 Å². The number of ether oxygens (including phenoxy) is 1. The summed E-state index contributed by atoms with van der Waals surface area (Å²) in [7, 11) is 1.26. The third kappa shape index (κ3) is 2.87. The van der Waals surface area contributed by atoms with Gasteiger partial charge in [0.2, 0.25) is 0 Å². The molecule has 1 rings (SSSR count). The first-order valence-corrected chi connectivity index (χ1v) is 4.04. The number of hydrogen-bond donors (Lipinski definition) is 1. The molecule has 70 valence electrons. The van der Waals surface area contributed by atoms with Gasteiger partial charge in [0.1, 0.15) is 0 Å². The third-order valence-electron chi connectivity index (χ3n) is 1.75. The summed E-state index contributed by atoms with van der Waals surface area (Å²) in [6, 6.07) is 9.31. The van der Waals surface area contributed by atoms with Gasteiger partial charge in [-0.3, -0.25) is 0 Å². The Morgan fingerprint density at radius 2 is 2.08 bits per heavy atom. The molecule has 0 bridgehead atoms. The minimum Gasteiger partial charge on any atom is -0.467 e. The predicted octanol–water partition coefficient (Wildman–Crippen LogP) is 0.763. The smallest absolute Gasteiger partial charge is 0.335 e. The van der Waals surface area contributed by atoms with Gasteiger partial charge in [-0.25, -0.2) is 4.79 Å². The van der Waals surface area contributed by atoms with E-state index in [0.717, 1.165) is 5.56 Å². The second-order valence-electron chi connectivity index (χ2n) is 2.73. The number of methoxy groups -OCH3 is 1. The Balaban J connectivity index is 2.55. The molecule has 0 aliphatic rings. The Hall–Kier alpha value is -1.35. The highest BCUT2D eigenvalue weighted by atomic mass is 16.6. The van der Waals surface area contributed by atoms with Crippen LogP contribution in [0.4, 0.5) is 0 Å². The summed E-state index contributed by atoms with van der Waals surface area (Å²) < 4.78 is 4.40. The van der Waals surface area contributed by atoms with Crippen LogP contribution >= 0.6 is 0 Å². The maximum Gasteiger partial charge on any atom is 0.335 e. The molecule has 0 aliphatic carbocycles. The maximum absolute atomic E-state index is 10.8. The van der Waals surface area contributed by atoms with Crippen molar-refractivity contribution < 1.29 is 14.6 Å². The molecular weight excluding hydrogens is 170 g/mol. The first kappa shape index (κ1) is 9.74. The molecule has 1 aromatic carbocycles. The van der Waals surface area contributed by atoms with Crippen molar-refractivity contribution in [2.24, 2.45) is 0 Å². The third-order valence-corrected chi connectivity index (χ3v) is 1.75. The lowest BCUT2D eigenvalue weighted by Gasteiger charge is -2.07. The summed E-state index contributed by atoms with van der Waals surface area (Å²) in [4.78, 5) is 10.8. The zero-order valence-corrected chi connectivity index (χ0v) is 7.43. The fourth-order valence-corrected chi connectivity index (χ4v) is 1.06. The zero-order valence-electron chi connectivity index (χ0n) is 7.43. The summed E-state index contributed by atoms with van der Waals surface area (Å²) in [6.07, 6.45) is -0.763. The quantitative estimate of drug-likeness (QED) is 0.554. The van der Waals surface area contributed by atoms with Crippen LogP contribution in [0.1, 0.15) is 5.56 Å². The van der Waals surface area contributed by atoms with E-state index < -0.39 is 12.1 Å². The van der Waals surface area contributed by atoms with E-state index in [0.29, 0.717) is 6.42 Å². The molecule has 3 heteroatoms. The first-order chi connectivity index (χ1) is 6.24. The molecule has 0 radical (unpaired) electrons. The van der Waals surface area contributed by atoms with Crippen LogP contribution < -0.4 is 0 Å². The number of esters is 1. The average molecular weight is 182 g/mol. The van der Waals surface area contributed by atoms with Gasteiger partial charge >= 0.3 is 5.97 Å². The van der Waals surface area contributed by atoms with Crippen molar-refractivity contribution >= 4 is 5.97 Å². The molecule has 0 unspecified atom stereocenters. The number of benzene rings is 1. The predicted molar refractivity (Wildman–Crippen MR) is 48.2 cm³/mol. The van der Waals surface area contributed by atoms with Crippen molar-refractivity contribution in [2.45, 2.75) is 12.5 Å². The first-order valence-electron chi connectivity index (χ1n) is 4.04. The molecule has 1 aromatic rings. The number of hydrogen-bond acceptors (Lipinski definition) is 3. The van der Waals surface area contributed by atoms with Crippen LogP contribution in [0.2, 0.25) is 0 Å². The Kier molecular flexibility index (Phi) is 3.46. The van der Waals surface area contributed by atoms with Crippen molar-refractivity contribution in [3.05, 3.63) is 35.9 Å². The van der Waals surface area contributed by atoms with Gasteiger partial charge in [0.25, 0.3) is 0 Å². The van der Waals surface area contributed by atoms with E-state index in [2.05, 4.69) is 4.74 Å². The van der Waals surface area contributed by atoms with E-state index in [9.17, 15) is 9.90 Å². The van der Waals surface area contributed by atoms with Crippen LogP contribution in [0.3, 0.4) is 0 Å². The van der Waals surface area contributed by atoms with Crippen LogP contribution in [0.15, 0.2) is 30.3 Å². The SMILES string of the molecule is CO[13C](=O)[C@H](O)[13CH2]c1ccccc1. The van der Waals surface area contributed by atoms with E-state index in [-0.39, 0.29) is 0 Å². The highest BCUT2D eigenvalue weighted by Gasteiger charge is 2.14. The van der Waals surface area contributed by atoms with Crippen LogP contribution in [-0.2, 0) is 16.0 Å². The van der Waals surface area contributed by atoms with Gasteiger partial charge in [0, 0.05) is 6.42 Å². The fourth-order valence-electron chi connectivity index (χ4n) is 1.06. The molecule has 3 nitrogen and oxygen atoms in total. The number of carbonyl (C=O) groups is 1. The van der Waals surface area contributed by atoms with E-state index in [4.69, 9.17) is 0 Å². The van der Waals surface area contributed by atoms with Crippen molar-refractivity contribution in [3.8, 4) is 0 Å². The van der Waals surface area contributed by atoms with Crippen LogP contribution in [-0.4, -0.2) is 24.3 Å². The molecular formula is C10H12O3. The molecule has 13 heavy (non-hydrogen) atoms. The Morgan fingerprint density at radius 3 is 2.62 bits per heavy atom. The van der Waals surface area contributed by atoms with Crippen LogP contribution in [0.5, 0.6) is 0 Å². The average Bonchev–Trinajstić information content (AvgIpc) is 2.18. The van der Waals surface area contributed by atoms with Crippen LogP contribution in [0, 0.1) is 0 Å². The minimum atomic E-state index is -1.06. The summed E-state index contributed by atoms with van der Waals surface area (Å²) >= 11 is 0. The van der Waals surface area contributed by atoms with Crippen molar-refractivity contribution in [2.75, 3.05) is 7.11 Å². The van der Waals surface area contributed by atoms with E-state index in [1.165, 1.54) is 7.11 Å². The van der Waals surface area contributed by atoms with Gasteiger partial charge in [0.15, 0.2) is 6.10 Å². The fraction of sp³-hybridized carbons (Fsp3) is 0.300. The summed E-state index contributed by atoms with van der Waals surface area (Å²) in [5.74, 6) is -0.594. The van der Waals surface area contributed by atoms with Gasteiger partial charge in [-0.2, -0.15) is 0 Å². The van der Waals surface area contributed by atoms with Crippen molar-refractivity contribution in [3.63, 3.8) is 0 Å². The monoisotopic (exact) mass is 182 g/mol. The van der Waals surface area contributed by atoms with Gasteiger partial charge in [-0.05, 0) is 5.56 Å². The zero-order chi connectivity index (χ0) is 9.68. The van der Waals surface area contributed by atoms with E-state index in [1.807, 2.05) is 30.3 Å². The standard InChI is InChI=1S/C10H12O3/c1-13-10(12)9(11)7-8-5-3-2-4-6-8/h2-6,9,11H,7H2,1H3/t9-/m1/s1/i7+1,10+1. The van der Waals surface area contributed by atoms with Gasteiger partial charge in [-0.1, -0.05) is 30.3 Å². The molecule has 0 saturated heterocycles. The van der Waals surface area contributed by atoms with Crippen molar-refractivity contribution in [1.82, 2.24) is 0 Å². The summed E-state index contributed by atoms with van der Waals surface area (Å²) in [6.45, 7) is 0. The van der Waals surface area contributed by atoms with E-state index >= 15 is 0 Å². The van der Waals surface area contributed by atoms with Crippen LogP contribution in [0.25, 0.3) is 0 Å². The Morgan fingerprint density at radius 1 is 1.46 bits per heavy atom. The molecule has 0 aliphatic heterocycles. The topological polar surface area (TPSA) is 46.5 Å². The highest BCUT2D eigenvalue weighted by molar-refractivity contribution is 5.74. The number of rotatable bonds is 3. The second-order valence-corrected chi connectivity index (χ2v) is 2.73. The minimum absolute atomic E-state index is 0.299. The highest BCUT2D eigenvalue weighted by Crippen LogP contribution is 2.03. The van der Waals surface area contributed by atoms with Gasteiger partial charge in [0.05, 0.1) is 7.11 Å². The summed E-state index contributed by atoms with van der Waals surface area (Å²) in [5, 5.41) is 9.30. The molecule has 1 N–H and O–H groups in total. The molecule has 0 saturated carbocycles. The lowest BCUT2D eigenvalue weighted by molar-refractivity contribution is -0.150.